The van der Waals surface area contributed by atoms with Gasteiger partial charge in [0.2, 0.25) is 11.8 Å². The summed E-state index contributed by atoms with van der Waals surface area (Å²) < 4.78 is 10.1. The zero-order chi connectivity index (χ0) is 11.8. The van der Waals surface area contributed by atoms with Crippen LogP contribution in [0, 0.1) is 0 Å². The molecular weight excluding hydrogens is 212 g/mol. The van der Waals surface area contributed by atoms with Gasteiger partial charge in [-0.1, -0.05) is 0 Å². The van der Waals surface area contributed by atoms with E-state index in [9.17, 15) is 9.59 Å². The molecule has 0 radical (unpaired) electrons. The molecule has 1 aliphatic heterocycles. The van der Waals surface area contributed by atoms with Gasteiger partial charge < -0.3 is 9.47 Å². The van der Waals surface area contributed by atoms with Crippen LogP contribution in [-0.4, -0.2) is 63.3 Å². The van der Waals surface area contributed by atoms with Gasteiger partial charge in [-0.2, -0.15) is 0 Å². The Kier molecular flexibility index (Phi) is 5.99. The molecule has 0 unspecified atom stereocenters. The minimum Gasteiger partial charge on any atom is -0.382 e. The highest BCUT2D eigenvalue weighted by atomic mass is 16.5. The van der Waals surface area contributed by atoms with Crippen molar-refractivity contribution < 1.29 is 19.1 Å². The Morgan fingerprint density at radius 1 is 1.19 bits per heavy atom. The van der Waals surface area contributed by atoms with Gasteiger partial charge in [-0.15, -0.1) is 0 Å². The second kappa shape index (κ2) is 7.32. The molecule has 0 bridgehead atoms. The van der Waals surface area contributed by atoms with Gasteiger partial charge in [-0.3, -0.25) is 19.8 Å². The molecule has 92 valence electrons. The molecule has 1 rings (SSSR count). The first-order valence-corrected chi connectivity index (χ1v) is 5.34. The molecule has 0 aromatic heterocycles. The smallest absolute Gasteiger partial charge is 0.240 e. The Morgan fingerprint density at radius 2 is 1.88 bits per heavy atom. The van der Waals surface area contributed by atoms with Gasteiger partial charge in [-0.05, 0) is 6.42 Å². The normalized spacial score (nSPS) is 17.6. The molecule has 0 atom stereocenters. The average Bonchev–Trinajstić information content (AvgIpc) is 2.22. The first-order valence-electron chi connectivity index (χ1n) is 5.34. The third kappa shape index (κ3) is 5.20. The molecule has 16 heavy (non-hydrogen) atoms. The lowest BCUT2D eigenvalue weighted by Gasteiger charge is -2.24. The SMILES string of the molecule is COCCOCCCN1CC(=O)NC(=O)C1. The van der Waals surface area contributed by atoms with E-state index in [1.54, 1.807) is 7.11 Å². The highest BCUT2D eigenvalue weighted by Gasteiger charge is 2.21. The van der Waals surface area contributed by atoms with Gasteiger partial charge in [0.05, 0.1) is 26.3 Å². The summed E-state index contributed by atoms with van der Waals surface area (Å²) in [5, 5.41) is 2.26. The Labute approximate surface area is 94.9 Å². The van der Waals surface area contributed by atoms with E-state index in [2.05, 4.69) is 5.32 Å². The average molecular weight is 230 g/mol. The maximum atomic E-state index is 11.0. The van der Waals surface area contributed by atoms with Gasteiger partial charge >= 0.3 is 0 Å². The number of ether oxygens (including phenoxy) is 2. The quantitative estimate of drug-likeness (QED) is 0.449. The molecular formula is C10H18N2O4. The van der Waals surface area contributed by atoms with Gasteiger partial charge in [0.1, 0.15) is 0 Å². The van der Waals surface area contributed by atoms with E-state index >= 15 is 0 Å². The maximum Gasteiger partial charge on any atom is 0.240 e. The molecule has 0 aromatic rings. The fourth-order valence-corrected chi connectivity index (χ4v) is 1.49. The number of nitrogens with zero attached hydrogens (tertiary/aromatic N) is 1. The van der Waals surface area contributed by atoms with Crippen LogP contribution in [0.25, 0.3) is 0 Å². The molecule has 0 aliphatic carbocycles. The number of imide groups is 1. The summed E-state index contributed by atoms with van der Waals surface area (Å²) in [4.78, 5) is 23.9. The molecule has 0 saturated carbocycles. The van der Waals surface area contributed by atoms with Crippen LogP contribution in [0.2, 0.25) is 0 Å². The van der Waals surface area contributed by atoms with Crippen molar-refractivity contribution in [2.24, 2.45) is 0 Å². The van der Waals surface area contributed by atoms with Crippen molar-refractivity contribution in [3.63, 3.8) is 0 Å². The van der Waals surface area contributed by atoms with Crippen molar-refractivity contribution in [2.75, 3.05) is 46.6 Å². The first kappa shape index (κ1) is 13.1. The lowest BCUT2D eigenvalue weighted by molar-refractivity contribution is -0.136. The monoisotopic (exact) mass is 230 g/mol. The van der Waals surface area contributed by atoms with Crippen LogP contribution in [0.1, 0.15) is 6.42 Å². The van der Waals surface area contributed by atoms with Crippen LogP contribution in [0.3, 0.4) is 0 Å². The zero-order valence-corrected chi connectivity index (χ0v) is 9.53. The summed E-state index contributed by atoms with van der Waals surface area (Å²) in [5.41, 5.74) is 0. The summed E-state index contributed by atoms with van der Waals surface area (Å²) in [6.45, 7) is 3.08. The van der Waals surface area contributed by atoms with E-state index in [4.69, 9.17) is 9.47 Å². The fourth-order valence-electron chi connectivity index (χ4n) is 1.49. The van der Waals surface area contributed by atoms with Gasteiger partial charge in [-0.25, -0.2) is 0 Å². The van der Waals surface area contributed by atoms with Gasteiger partial charge in [0.15, 0.2) is 0 Å². The minimum absolute atomic E-state index is 0.225. The van der Waals surface area contributed by atoms with Gasteiger partial charge in [0.25, 0.3) is 0 Å². The number of amides is 2. The van der Waals surface area contributed by atoms with E-state index in [1.807, 2.05) is 4.90 Å². The largest absolute Gasteiger partial charge is 0.382 e. The standard InChI is InChI=1S/C10H18N2O4/c1-15-5-6-16-4-2-3-12-7-9(13)11-10(14)8-12/h2-8H2,1H3,(H,11,13,14). The number of nitrogens with one attached hydrogen (secondary N) is 1. The van der Waals surface area contributed by atoms with Crippen molar-refractivity contribution in [1.29, 1.82) is 0 Å². The second-order valence-electron chi connectivity index (χ2n) is 3.64. The molecule has 1 aliphatic rings. The van der Waals surface area contributed by atoms with Crippen LogP contribution < -0.4 is 5.32 Å². The molecule has 0 spiro atoms. The molecule has 1 N–H and O–H groups in total. The zero-order valence-electron chi connectivity index (χ0n) is 9.53. The van der Waals surface area contributed by atoms with E-state index in [1.165, 1.54) is 0 Å². The minimum atomic E-state index is -0.225. The molecule has 0 aromatic carbocycles. The number of carbonyl (C=O) groups excluding carboxylic acids is 2. The van der Waals surface area contributed by atoms with Gasteiger partial charge in [0, 0.05) is 20.3 Å². The lowest BCUT2D eigenvalue weighted by Crippen LogP contribution is -2.51. The van der Waals surface area contributed by atoms with Crippen molar-refractivity contribution in [3.8, 4) is 0 Å². The molecule has 1 fully saturated rings. The van der Waals surface area contributed by atoms with Crippen LogP contribution in [0.15, 0.2) is 0 Å². The van der Waals surface area contributed by atoms with E-state index in [-0.39, 0.29) is 11.8 Å². The topological polar surface area (TPSA) is 67.9 Å². The van der Waals surface area contributed by atoms with Crippen LogP contribution in [0.4, 0.5) is 0 Å². The second-order valence-corrected chi connectivity index (χ2v) is 3.64. The van der Waals surface area contributed by atoms with Crippen molar-refractivity contribution in [3.05, 3.63) is 0 Å². The highest BCUT2D eigenvalue weighted by Crippen LogP contribution is 1.96. The molecule has 6 heteroatoms. The Bertz CT molecular complexity index is 229. The van der Waals surface area contributed by atoms with Crippen molar-refractivity contribution in [2.45, 2.75) is 6.42 Å². The number of carbonyl (C=O) groups is 2. The predicted molar refractivity (Wildman–Crippen MR) is 56.9 cm³/mol. The van der Waals surface area contributed by atoms with E-state index in [0.29, 0.717) is 39.5 Å². The predicted octanol–water partition coefficient (Wildman–Crippen LogP) is -1.00. The van der Waals surface area contributed by atoms with Crippen LogP contribution in [-0.2, 0) is 19.1 Å². The van der Waals surface area contributed by atoms with Crippen LogP contribution >= 0.6 is 0 Å². The fraction of sp³-hybridized carbons (Fsp3) is 0.800. The summed E-state index contributed by atoms with van der Waals surface area (Å²) in [7, 11) is 1.63. The Balaban J connectivity index is 2.04. The molecule has 1 heterocycles. The molecule has 6 nitrogen and oxygen atoms in total. The Hall–Kier alpha value is -0.980. The molecule has 2 amide bonds. The maximum absolute atomic E-state index is 11.0. The lowest BCUT2D eigenvalue weighted by atomic mass is 10.3. The third-order valence-corrected chi connectivity index (χ3v) is 2.21. The van der Waals surface area contributed by atoms with E-state index < -0.39 is 0 Å². The summed E-state index contributed by atoms with van der Waals surface area (Å²) in [6, 6.07) is 0. The molecule has 1 saturated heterocycles. The number of hydrogen-bond acceptors (Lipinski definition) is 5. The number of methoxy groups -OCH3 is 1. The number of piperazine rings is 1. The third-order valence-electron chi connectivity index (χ3n) is 2.21. The van der Waals surface area contributed by atoms with E-state index in [0.717, 1.165) is 6.42 Å². The first-order chi connectivity index (χ1) is 7.72. The highest BCUT2D eigenvalue weighted by molar-refractivity contribution is 5.99. The Morgan fingerprint density at radius 3 is 2.50 bits per heavy atom. The van der Waals surface area contributed by atoms with Crippen molar-refractivity contribution in [1.82, 2.24) is 10.2 Å². The summed E-state index contributed by atoms with van der Waals surface area (Å²) >= 11 is 0. The van der Waals surface area contributed by atoms with Crippen LogP contribution in [0.5, 0.6) is 0 Å². The summed E-state index contributed by atoms with van der Waals surface area (Å²) in [5.74, 6) is -0.451. The number of rotatable bonds is 7. The van der Waals surface area contributed by atoms with Crippen molar-refractivity contribution >= 4 is 11.8 Å². The summed E-state index contributed by atoms with van der Waals surface area (Å²) in [6.07, 6.45) is 0.810. The number of hydrogen-bond donors (Lipinski definition) is 1.